The molecular weight excluding hydrogens is 585 g/mol. The summed E-state index contributed by atoms with van der Waals surface area (Å²) in [6, 6.07) is 18.5. The number of amides is 2. The number of halogens is 2. The summed E-state index contributed by atoms with van der Waals surface area (Å²) < 4.78 is 34.3. The van der Waals surface area contributed by atoms with Crippen molar-refractivity contribution in [2.75, 3.05) is 24.0 Å². The molecule has 1 N–H and O–H groups in total. The second-order valence-corrected chi connectivity index (χ2v) is 11.9. The van der Waals surface area contributed by atoms with Gasteiger partial charge in [-0.25, -0.2) is 8.42 Å². The van der Waals surface area contributed by atoms with Crippen molar-refractivity contribution in [1.82, 2.24) is 10.2 Å². The first-order valence-corrected chi connectivity index (χ1v) is 15.6. The SMILES string of the molecule is CCCNC(=O)[C@H](CC)N(Cc1ccc(Cl)c(Cl)c1)C(=O)CN(c1ccc(OCC)cc1)S(=O)(=O)c1ccccc1. The molecule has 0 aliphatic heterocycles. The van der Waals surface area contributed by atoms with E-state index in [0.29, 0.717) is 40.9 Å². The molecule has 0 radical (unpaired) electrons. The maximum atomic E-state index is 14.1. The van der Waals surface area contributed by atoms with Crippen molar-refractivity contribution in [3.63, 3.8) is 0 Å². The molecule has 0 aliphatic rings. The van der Waals surface area contributed by atoms with Gasteiger partial charge in [0.2, 0.25) is 11.8 Å². The number of carbonyl (C=O) groups excluding carboxylic acids is 2. The lowest BCUT2D eigenvalue weighted by Gasteiger charge is -2.33. The summed E-state index contributed by atoms with van der Waals surface area (Å²) in [7, 11) is -4.15. The Morgan fingerprint density at radius 3 is 2.20 bits per heavy atom. The molecule has 0 fully saturated rings. The number of rotatable bonds is 14. The summed E-state index contributed by atoms with van der Waals surface area (Å²) in [5.74, 6) is -0.302. The Morgan fingerprint density at radius 1 is 0.927 bits per heavy atom. The molecule has 2 amide bonds. The fourth-order valence-corrected chi connectivity index (χ4v) is 6.00. The van der Waals surface area contributed by atoms with Crippen LogP contribution in [0.3, 0.4) is 0 Å². The molecule has 3 aromatic rings. The van der Waals surface area contributed by atoms with Crippen LogP contribution in [0, 0.1) is 0 Å². The summed E-state index contributed by atoms with van der Waals surface area (Å²) in [5, 5.41) is 3.52. The molecule has 0 bridgehead atoms. The van der Waals surface area contributed by atoms with E-state index in [9.17, 15) is 18.0 Å². The summed E-state index contributed by atoms with van der Waals surface area (Å²) in [6.45, 7) is 5.97. The first-order valence-electron chi connectivity index (χ1n) is 13.4. The van der Waals surface area contributed by atoms with E-state index >= 15 is 0 Å². The third-order valence-corrected chi connectivity index (χ3v) is 8.84. The Morgan fingerprint density at radius 2 is 1.61 bits per heavy atom. The number of carbonyl (C=O) groups is 2. The van der Waals surface area contributed by atoms with Gasteiger partial charge in [-0.2, -0.15) is 0 Å². The van der Waals surface area contributed by atoms with Gasteiger partial charge in [0.1, 0.15) is 18.3 Å². The van der Waals surface area contributed by atoms with Crippen molar-refractivity contribution < 1.29 is 22.7 Å². The zero-order valence-electron chi connectivity index (χ0n) is 23.3. The summed E-state index contributed by atoms with van der Waals surface area (Å²) in [6.07, 6.45) is 1.04. The smallest absolute Gasteiger partial charge is 0.264 e. The van der Waals surface area contributed by atoms with Crippen LogP contribution >= 0.6 is 23.2 Å². The third kappa shape index (κ3) is 8.38. The minimum Gasteiger partial charge on any atom is -0.494 e. The molecule has 0 heterocycles. The Labute approximate surface area is 252 Å². The fraction of sp³-hybridized carbons (Fsp3) is 0.333. The lowest BCUT2D eigenvalue weighted by molar-refractivity contribution is -0.140. The van der Waals surface area contributed by atoms with E-state index in [4.69, 9.17) is 27.9 Å². The summed E-state index contributed by atoms with van der Waals surface area (Å²) in [5.41, 5.74) is 0.927. The number of benzene rings is 3. The largest absolute Gasteiger partial charge is 0.494 e. The second-order valence-electron chi connectivity index (χ2n) is 9.24. The number of hydrogen-bond acceptors (Lipinski definition) is 5. The van der Waals surface area contributed by atoms with Crippen LogP contribution in [0.25, 0.3) is 0 Å². The second kappa shape index (κ2) is 15.1. The van der Waals surface area contributed by atoms with Crippen LogP contribution < -0.4 is 14.4 Å². The van der Waals surface area contributed by atoms with Crippen molar-refractivity contribution in [1.29, 1.82) is 0 Å². The van der Waals surface area contributed by atoms with Gasteiger partial charge < -0.3 is 15.0 Å². The lowest BCUT2D eigenvalue weighted by atomic mass is 10.1. The van der Waals surface area contributed by atoms with Gasteiger partial charge in [-0.05, 0) is 73.9 Å². The third-order valence-electron chi connectivity index (χ3n) is 6.32. The van der Waals surface area contributed by atoms with Crippen LogP contribution in [0.4, 0.5) is 5.69 Å². The van der Waals surface area contributed by atoms with Crippen LogP contribution in [0.5, 0.6) is 5.75 Å². The topological polar surface area (TPSA) is 96.0 Å². The van der Waals surface area contributed by atoms with Crippen molar-refractivity contribution in [3.05, 3.63) is 88.4 Å². The Hall–Kier alpha value is -3.27. The van der Waals surface area contributed by atoms with E-state index in [0.717, 1.165) is 10.7 Å². The van der Waals surface area contributed by atoms with E-state index < -0.39 is 28.5 Å². The normalized spacial score (nSPS) is 11.9. The Balaban J connectivity index is 2.05. The monoisotopic (exact) mass is 619 g/mol. The van der Waals surface area contributed by atoms with Gasteiger partial charge in [-0.3, -0.25) is 13.9 Å². The molecule has 0 saturated carbocycles. The Bertz CT molecular complexity index is 1420. The number of sulfonamides is 1. The highest BCUT2D eigenvalue weighted by Gasteiger charge is 2.33. The molecule has 3 aromatic carbocycles. The zero-order chi connectivity index (χ0) is 30.0. The van der Waals surface area contributed by atoms with Gasteiger partial charge in [0.05, 0.1) is 27.2 Å². The molecule has 0 saturated heterocycles. The average molecular weight is 621 g/mol. The van der Waals surface area contributed by atoms with Gasteiger partial charge in [-0.15, -0.1) is 0 Å². The average Bonchev–Trinajstić information content (AvgIpc) is 2.97. The van der Waals surface area contributed by atoms with Crippen LogP contribution in [-0.4, -0.2) is 50.9 Å². The number of hydrogen-bond donors (Lipinski definition) is 1. The minimum absolute atomic E-state index is 0.0241. The first-order chi connectivity index (χ1) is 19.6. The summed E-state index contributed by atoms with van der Waals surface area (Å²) >= 11 is 12.3. The zero-order valence-corrected chi connectivity index (χ0v) is 25.7. The maximum Gasteiger partial charge on any atom is 0.264 e. The molecule has 8 nitrogen and oxygen atoms in total. The summed E-state index contributed by atoms with van der Waals surface area (Å²) in [4.78, 5) is 28.7. The molecule has 0 aromatic heterocycles. The standard InChI is InChI=1S/C30H35Cl2N3O5S/c1-4-18-33-30(37)28(5-2)34(20-22-12-17-26(31)27(32)19-22)29(36)21-35(23-13-15-24(16-14-23)40-6-3)41(38,39)25-10-8-7-9-11-25/h7-17,19,28H,4-6,18,20-21H2,1-3H3,(H,33,37)/t28-/m0/s1. The van der Waals surface area contributed by atoms with Crippen LogP contribution in [-0.2, 0) is 26.2 Å². The highest BCUT2D eigenvalue weighted by Crippen LogP contribution is 2.28. The highest BCUT2D eigenvalue weighted by atomic mass is 35.5. The molecule has 0 spiro atoms. The van der Waals surface area contributed by atoms with E-state index in [2.05, 4.69) is 5.32 Å². The van der Waals surface area contributed by atoms with Gasteiger partial charge in [0.15, 0.2) is 0 Å². The molecular formula is C30H35Cl2N3O5S. The minimum atomic E-state index is -4.15. The van der Waals surface area contributed by atoms with E-state index in [1.54, 1.807) is 67.6 Å². The number of nitrogens with zero attached hydrogens (tertiary/aromatic N) is 2. The molecule has 3 rings (SSSR count). The van der Waals surface area contributed by atoms with E-state index in [-0.39, 0.29) is 23.0 Å². The van der Waals surface area contributed by atoms with Gasteiger partial charge >= 0.3 is 0 Å². The molecule has 0 unspecified atom stereocenters. The highest BCUT2D eigenvalue weighted by molar-refractivity contribution is 7.92. The van der Waals surface area contributed by atoms with Crippen LogP contribution in [0.2, 0.25) is 10.0 Å². The Kier molecular flexibility index (Phi) is 11.9. The predicted octanol–water partition coefficient (Wildman–Crippen LogP) is 5.92. The number of ether oxygens (including phenoxy) is 1. The van der Waals surface area contributed by atoms with Gasteiger partial charge in [-0.1, -0.05) is 61.3 Å². The van der Waals surface area contributed by atoms with Gasteiger partial charge in [0, 0.05) is 13.1 Å². The number of nitrogens with one attached hydrogen (secondary N) is 1. The van der Waals surface area contributed by atoms with Crippen molar-refractivity contribution in [3.8, 4) is 5.75 Å². The maximum absolute atomic E-state index is 14.1. The molecule has 41 heavy (non-hydrogen) atoms. The molecule has 220 valence electrons. The van der Waals surface area contributed by atoms with E-state index in [1.807, 2.05) is 13.8 Å². The van der Waals surface area contributed by atoms with E-state index in [1.165, 1.54) is 17.0 Å². The first kappa shape index (κ1) is 32.2. The van der Waals surface area contributed by atoms with Crippen molar-refractivity contribution in [2.45, 2.75) is 51.1 Å². The van der Waals surface area contributed by atoms with Crippen molar-refractivity contribution in [2.24, 2.45) is 0 Å². The predicted molar refractivity (Wildman–Crippen MR) is 163 cm³/mol. The van der Waals surface area contributed by atoms with Crippen LogP contribution in [0.15, 0.2) is 77.7 Å². The quantitative estimate of drug-likeness (QED) is 0.242. The number of anilines is 1. The van der Waals surface area contributed by atoms with Crippen molar-refractivity contribution >= 4 is 50.7 Å². The molecule has 11 heteroatoms. The molecule has 1 atom stereocenters. The fourth-order valence-electron chi connectivity index (χ4n) is 4.24. The van der Waals surface area contributed by atoms with Crippen LogP contribution in [0.1, 0.15) is 39.2 Å². The van der Waals surface area contributed by atoms with Gasteiger partial charge in [0.25, 0.3) is 10.0 Å². The lowest BCUT2D eigenvalue weighted by Crippen LogP contribution is -2.52. The molecule has 0 aliphatic carbocycles.